The standard InChI is InChI=1S/C17H20IN3/c18-15-9-13(10-19-12-15)11-21-16-7-4-8-20-17(16)14-5-2-1-3-6-14/h1-3,5-6,9-10,12,16-17,20-21H,4,7-8,11H2/t16-,17-/m0/s1. The molecule has 21 heavy (non-hydrogen) atoms. The molecule has 0 saturated carbocycles. The van der Waals surface area contributed by atoms with E-state index in [1.807, 2.05) is 12.4 Å². The summed E-state index contributed by atoms with van der Waals surface area (Å²) in [7, 11) is 0. The molecule has 2 heterocycles. The van der Waals surface area contributed by atoms with Gasteiger partial charge in [-0.2, -0.15) is 0 Å². The minimum atomic E-state index is 0.399. The maximum absolute atomic E-state index is 4.26. The van der Waals surface area contributed by atoms with Crippen LogP contribution in [0.1, 0.15) is 30.0 Å². The minimum absolute atomic E-state index is 0.399. The zero-order valence-electron chi connectivity index (χ0n) is 11.9. The van der Waals surface area contributed by atoms with Crippen molar-refractivity contribution in [1.82, 2.24) is 15.6 Å². The van der Waals surface area contributed by atoms with Crippen LogP contribution in [-0.2, 0) is 6.54 Å². The largest absolute Gasteiger partial charge is 0.309 e. The summed E-state index contributed by atoms with van der Waals surface area (Å²) >= 11 is 2.31. The van der Waals surface area contributed by atoms with Gasteiger partial charge in [0, 0.05) is 34.6 Å². The molecule has 110 valence electrons. The Labute approximate surface area is 139 Å². The van der Waals surface area contributed by atoms with Crippen molar-refractivity contribution in [3.63, 3.8) is 0 Å². The van der Waals surface area contributed by atoms with Gasteiger partial charge in [-0.05, 0) is 59.2 Å². The Morgan fingerprint density at radius 3 is 2.90 bits per heavy atom. The van der Waals surface area contributed by atoms with Crippen LogP contribution in [0.25, 0.3) is 0 Å². The second kappa shape index (κ2) is 7.33. The molecule has 1 aliphatic heterocycles. The van der Waals surface area contributed by atoms with E-state index < -0.39 is 0 Å². The number of halogens is 1. The molecule has 1 aromatic heterocycles. The van der Waals surface area contributed by atoms with Crippen molar-refractivity contribution in [2.45, 2.75) is 31.5 Å². The van der Waals surface area contributed by atoms with Crippen molar-refractivity contribution < 1.29 is 0 Å². The Bertz CT molecular complexity index is 573. The van der Waals surface area contributed by atoms with Crippen molar-refractivity contribution in [2.75, 3.05) is 6.54 Å². The van der Waals surface area contributed by atoms with Crippen molar-refractivity contribution in [3.8, 4) is 0 Å². The highest BCUT2D eigenvalue weighted by Gasteiger charge is 2.25. The fourth-order valence-corrected chi connectivity index (χ4v) is 3.48. The zero-order chi connectivity index (χ0) is 14.5. The van der Waals surface area contributed by atoms with Gasteiger partial charge in [0.2, 0.25) is 0 Å². The van der Waals surface area contributed by atoms with E-state index in [4.69, 9.17) is 0 Å². The molecule has 2 atom stereocenters. The second-order valence-electron chi connectivity index (χ2n) is 5.48. The molecule has 1 fully saturated rings. The number of hydrogen-bond acceptors (Lipinski definition) is 3. The third-order valence-electron chi connectivity index (χ3n) is 3.95. The number of aromatic nitrogens is 1. The lowest BCUT2D eigenvalue weighted by molar-refractivity contribution is 0.304. The number of pyridine rings is 1. The van der Waals surface area contributed by atoms with Gasteiger partial charge in [-0.1, -0.05) is 30.3 Å². The van der Waals surface area contributed by atoms with E-state index in [0.717, 1.165) is 13.1 Å². The number of piperidine rings is 1. The molecule has 3 nitrogen and oxygen atoms in total. The molecule has 1 aromatic carbocycles. The summed E-state index contributed by atoms with van der Waals surface area (Å²) in [5, 5.41) is 7.36. The van der Waals surface area contributed by atoms with Crippen molar-refractivity contribution in [3.05, 3.63) is 63.5 Å². The van der Waals surface area contributed by atoms with Gasteiger partial charge in [0.25, 0.3) is 0 Å². The molecule has 1 saturated heterocycles. The van der Waals surface area contributed by atoms with Crippen LogP contribution in [0.5, 0.6) is 0 Å². The van der Waals surface area contributed by atoms with Gasteiger partial charge in [0.1, 0.15) is 0 Å². The predicted octanol–water partition coefficient (Wildman–Crippen LogP) is 3.27. The minimum Gasteiger partial charge on any atom is -0.309 e. The second-order valence-corrected chi connectivity index (χ2v) is 6.73. The van der Waals surface area contributed by atoms with Crippen LogP contribution in [0.15, 0.2) is 48.8 Å². The van der Waals surface area contributed by atoms with Crippen molar-refractivity contribution in [1.29, 1.82) is 0 Å². The Morgan fingerprint density at radius 2 is 2.10 bits per heavy atom. The first-order valence-corrected chi connectivity index (χ1v) is 8.52. The highest BCUT2D eigenvalue weighted by molar-refractivity contribution is 14.1. The topological polar surface area (TPSA) is 37.0 Å². The van der Waals surface area contributed by atoms with Gasteiger partial charge < -0.3 is 10.6 Å². The number of benzene rings is 1. The van der Waals surface area contributed by atoms with Crippen LogP contribution in [0.3, 0.4) is 0 Å². The van der Waals surface area contributed by atoms with Gasteiger partial charge in [-0.15, -0.1) is 0 Å². The number of rotatable bonds is 4. The van der Waals surface area contributed by atoms with E-state index in [1.165, 1.54) is 27.5 Å². The quantitative estimate of drug-likeness (QED) is 0.784. The smallest absolute Gasteiger partial charge is 0.0476 e. The van der Waals surface area contributed by atoms with Crippen LogP contribution < -0.4 is 10.6 Å². The lowest BCUT2D eigenvalue weighted by atomic mass is 9.92. The third-order valence-corrected chi connectivity index (χ3v) is 4.54. The first kappa shape index (κ1) is 14.9. The fraction of sp³-hybridized carbons (Fsp3) is 0.353. The summed E-state index contributed by atoms with van der Waals surface area (Å²) in [5.74, 6) is 0. The summed E-state index contributed by atoms with van der Waals surface area (Å²) in [4.78, 5) is 4.26. The molecule has 0 amide bonds. The molecule has 4 heteroatoms. The average molecular weight is 393 g/mol. The molecule has 2 aromatic rings. The normalized spacial score (nSPS) is 22.1. The molecule has 1 aliphatic rings. The molecule has 2 N–H and O–H groups in total. The molecule has 0 unspecified atom stereocenters. The van der Waals surface area contributed by atoms with Crippen LogP contribution >= 0.6 is 22.6 Å². The lowest BCUT2D eigenvalue weighted by Gasteiger charge is -2.34. The maximum Gasteiger partial charge on any atom is 0.0476 e. The highest BCUT2D eigenvalue weighted by Crippen LogP contribution is 2.23. The first-order valence-electron chi connectivity index (χ1n) is 7.44. The molecule has 0 aliphatic carbocycles. The SMILES string of the molecule is Ic1cncc(CN[C@H]2CCCN[C@H]2c2ccccc2)c1. The summed E-state index contributed by atoms with van der Waals surface area (Å²) in [6.07, 6.45) is 6.28. The molecule has 0 radical (unpaired) electrons. The summed E-state index contributed by atoms with van der Waals surface area (Å²) in [5.41, 5.74) is 2.62. The first-order chi connectivity index (χ1) is 10.3. The highest BCUT2D eigenvalue weighted by atomic mass is 127. The van der Waals surface area contributed by atoms with E-state index in [0.29, 0.717) is 12.1 Å². The predicted molar refractivity (Wildman–Crippen MR) is 94.0 cm³/mol. The Morgan fingerprint density at radius 1 is 1.24 bits per heavy atom. The number of hydrogen-bond donors (Lipinski definition) is 2. The van der Waals surface area contributed by atoms with Gasteiger partial charge in [-0.3, -0.25) is 4.98 Å². The molecule has 0 spiro atoms. The number of nitrogens with one attached hydrogen (secondary N) is 2. The molecule has 3 rings (SSSR count). The molecule has 0 bridgehead atoms. The van der Waals surface area contributed by atoms with Crippen LogP contribution in [0.4, 0.5) is 0 Å². The van der Waals surface area contributed by atoms with E-state index in [9.17, 15) is 0 Å². The van der Waals surface area contributed by atoms with Gasteiger partial charge >= 0.3 is 0 Å². The number of nitrogens with zero attached hydrogens (tertiary/aromatic N) is 1. The maximum atomic E-state index is 4.26. The van der Waals surface area contributed by atoms with Crippen molar-refractivity contribution >= 4 is 22.6 Å². The monoisotopic (exact) mass is 393 g/mol. The summed E-state index contributed by atoms with van der Waals surface area (Å²) in [6, 6.07) is 13.8. The Balaban J connectivity index is 1.67. The van der Waals surface area contributed by atoms with Gasteiger partial charge in [0.05, 0.1) is 0 Å². The average Bonchev–Trinajstić information content (AvgIpc) is 2.54. The van der Waals surface area contributed by atoms with Crippen LogP contribution in [0.2, 0.25) is 0 Å². The van der Waals surface area contributed by atoms with Gasteiger partial charge in [0.15, 0.2) is 0 Å². The van der Waals surface area contributed by atoms with Gasteiger partial charge in [-0.25, -0.2) is 0 Å². The summed E-state index contributed by atoms with van der Waals surface area (Å²) in [6.45, 7) is 1.97. The molecular formula is C17H20IN3. The van der Waals surface area contributed by atoms with E-state index in [-0.39, 0.29) is 0 Å². The summed E-state index contributed by atoms with van der Waals surface area (Å²) < 4.78 is 1.19. The van der Waals surface area contributed by atoms with Crippen LogP contribution in [0, 0.1) is 3.57 Å². The lowest BCUT2D eigenvalue weighted by Crippen LogP contribution is -2.45. The van der Waals surface area contributed by atoms with Crippen LogP contribution in [-0.4, -0.2) is 17.6 Å². The zero-order valence-corrected chi connectivity index (χ0v) is 14.1. The molecular weight excluding hydrogens is 373 g/mol. The fourth-order valence-electron chi connectivity index (χ4n) is 2.92. The van der Waals surface area contributed by atoms with E-state index in [1.54, 1.807) is 0 Å². The van der Waals surface area contributed by atoms with Crippen molar-refractivity contribution in [2.24, 2.45) is 0 Å². The third kappa shape index (κ3) is 4.02. The Hall–Kier alpha value is -0.980. The van der Waals surface area contributed by atoms with E-state index in [2.05, 4.69) is 74.6 Å². The Kier molecular flexibility index (Phi) is 5.22. The van der Waals surface area contributed by atoms with E-state index >= 15 is 0 Å².